The molecule has 19 heavy (non-hydrogen) atoms. The average molecular weight is 261 g/mol. The molecule has 0 saturated carbocycles. The van der Waals surface area contributed by atoms with Gasteiger partial charge in [0.1, 0.15) is 0 Å². The van der Waals surface area contributed by atoms with Crippen LogP contribution in [0.1, 0.15) is 31.5 Å². The minimum Gasteiger partial charge on any atom is -0.481 e. The molecule has 0 bridgehead atoms. The number of pyridine rings is 1. The van der Waals surface area contributed by atoms with Gasteiger partial charge in [0, 0.05) is 17.5 Å². The SMILES string of the molecule is CCC(CC(=O)O)n1nnnc1-c1ccnc(C)c1. The Kier molecular flexibility index (Phi) is 3.84. The topological polar surface area (TPSA) is 93.8 Å². The number of hydrogen-bond acceptors (Lipinski definition) is 5. The van der Waals surface area contributed by atoms with Crippen molar-refractivity contribution >= 4 is 5.97 Å². The van der Waals surface area contributed by atoms with Crippen molar-refractivity contribution in [3.05, 3.63) is 24.0 Å². The van der Waals surface area contributed by atoms with Gasteiger partial charge in [0.05, 0.1) is 12.5 Å². The molecule has 0 amide bonds. The number of aliphatic carboxylic acids is 1. The van der Waals surface area contributed by atoms with Gasteiger partial charge in [-0.25, -0.2) is 4.68 Å². The van der Waals surface area contributed by atoms with Crippen LogP contribution in [0.4, 0.5) is 0 Å². The van der Waals surface area contributed by atoms with Crippen LogP contribution >= 0.6 is 0 Å². The number of carboxylic acids is 1. The summed E-state index contributed by atoms with van der Waals surface area (Å²) in [5.74, 6) is -0.294. The Bertz CT molecular complexity index is 581. The summed E-state index contributed by atoms with van der Waals surface area (Å²) < 4.78 is 1.57. The summed E-state index contributed by atoms with van der Waals surface area (Å²) >= 11 is 0. The van der Waals surface area contributed by atoms with Crippen LogP contribution in [0, 0.1) is 6.92 Å². The highest BCUT2D eigenvalue weighted by molar-refractivity contribution is 5.67. The highest BCUT2D eigenvalue weighted by atomic mass is 16.4. The molecule has 2 aromatic heterocycles. The van der Waals surface area contributed by atoms with Crippen molar-refractivity contribution in [1.82, 2.24) is 25.2 Å². The van der Waals surface area contributed by atoms with Gasteiger partial charge in [-0.15, -0.1) is 5.10 Å². The standard InChI is InChI=1S/C12H15N5O2/c1-3-10(7-11(18)19)17-12(14-15-16-17)9-4-5-13-8(2)6-9/h4-6,10H,3,7H2,1-2H3,(H,18,19). The fourth-order valence-electron chi connectivity index (χ4n) is 1.92. The minimum absolute atomic E-state index is 0.00138. The van der Waals surface area contributed by atoms with Gasteiger partial charge >= 0.3 is 5.97 Å². The Hall–Kier alpha value is -2.31. The lowest BCUT2D eigenvalue weighted by Crippen LogP contribution is -2.15. The number of tetrazole rings is 1. The van der Waals surface area contributed by atoms with Crippen LogP contribution in [0.3, 0.4) is 0 Å². The number of hydrogen-bond donors (Lipinski definition) is 1. The van der Waals surface area contributed by atoms with Gasteiger partial charge in [-0.05, 0) is 35.9 Å². The fraction of sp³-hybridized carbons (Fsp3) is 0.417. The molecule has 0 saturated heterocycles. The lowest BCUT2D eigenvalue weighted by molar-refractivity contribution is -0.138. The van der Waals surface area contributed by atoms with Crippen molar-refractivity contribution in [2.75, 3.05) is 0 Å². The summed E-state index contributed by atoms with van der Waals surface area (Å²) in [5.41, 5.74) is 1.69. The smallest absolute Gasteiger partial charge is 0.305 e. The molecule has 2 rings (SSSR count). The first kappa shape index (κ1) is 13.1. The Morgan fingerprint density at radius 2 is 2.32 bits per heavy atom. The van der Waals surface area contributed by atoms with E-state index in [4.69, 9.17) is 5.11 Å². The van der Waals surface area contributed by atoms with Crippen LogP contribution in [0.2, 0.25) is 0 Å². The summed E-state index contributed by atoms with van der Waals surface area (Å²) in [6.07, 6.45) is 2.33. The van der Waals surface area contributed by atoms with Crippen molar-refractivity contribution < 1.29 is 9.90 Å². The molecular weight excluding hydrogens is 246 g/mol. The maximum atomic E-state index is 10.9. The second-order valence-corrected chi connectivity index (χ2v) is 4.29. The van der Waals surface area contributed by atoms with Gasteiger partial charge in [-0.2, -0.15) is 0 Å². The largest absolute Gasteiger partial charge is 0.481 e. The molecule has 1 unspecified atom stereocenters. The van der Waals surface area contributed by atoms with Crippen LogP contribution < -0.4 is 0 Å². The second-order valence-electron chi connectivity index (χ2n) is 4.29. The number of rotatable bonds is 5. The molecule has 0 aliphatic rings. The van der Waals surface area contributed by atoms with E-state index in [-0.39, 0.29) is 12.5 Å². The Labute approximate surface area is 110 Å². The minimum atomic E-state index is -0.862. The van der Waals surface area contributed by atoms with E-state index >= 15 is 0 Å². The molecule has 0 aliphatic heterocycles. The number of nitrogens with zero attached hydrogens (tertiary/aromatic N) is 5. The molecular formula is C12H15N5O2. The quantitative estimate of drug-likeness (QED) is 0.875. The van der Waals surface area contributed by atoms with Crippen molar-refractivity contribution in [2.24, 2.45) is 0 Å². The molecule has 1 atom stereocenters. The Balaban J connectivity index is 2.38. The first-order chi connectivity index (χ1) is 9.11. The normalized spacial score (nSPS) is 12.3. The third-order valence-electron chi connectivity index (χ3n) is 2.88. The third-order valence-corrected chi connectivity index (χ3v) is 2.88. The zero-order chi connectivity index (χ0) is 13.8. The van der Waals surface area contributed by atoms with Gasteiger partial charge < -0.3 is 5.11 Å². The van der Waals surface area contributed by atoms with Gasteiger partial charge in [-0.1, -0.05) is 6.92 Å². The maximum Gasteiger partial charge on any atom is 0.305 e. The average Bonchev–Trinajstić information content (AvgIpc) is 2.84. The van der Waals surface area contributed by atoms with Crippen molar-refractivity contribution in [3.63, 3.8) is 0 Å². The molecule has 1 N–H and O–H groups in total. The molecule has 0 fully saturated rings. The molecule has 0 aromatic carbocycles. The molecule has 2 aromatic rings. The Morgan fingerprint density at radius 1 is 1.53 bits per heavy atom. The van der Waals surface area contributed by atoms with E-state index in [9.17, 15) is 4.79 Å². The van der Waals surface area contributed by atoms with Crippen LogP contribution in [-0.4, -0.2) is 36.3 Å². The highest BCUT2D eigenvalue weighted by Crippen LogP contribution is 2.22. The zero-order valence-corrected chi connectivity index (χ0v) is 10.8. The lowest BCUT2D eigenvalue weighted by Gasteiger charge is -2.14. The molecule has 0 spiro atoms. The van der Waals surface area contributed by atoms with E-state index in [0.717, 1.165) is 11.3 Å². The number of aryl methyl sites for hydroxylation is 1. The van der Waals surface area contributed by atoms with E-state index in [1.54, 1.807) is 10.9 Å². The van der Waals surface area contributed by atoms with Crippen molar-refractivity contribution in [2.45, 2.75) is 32.7 Å². The maximum absolute atomic E-state index is 10.9. The van der Waals surface area contributed by atoms with E-state index in [0.29, 0.717) is 12.2 Å². The monoisotopic (exact) mass is 261 g/mol. The molecule has 7 heteroatoms. The summed E-state index contributed by atoms with van der Waals surface area (Å²) in [4.78, 5) is 15.0. The van der Waals surface area contributed by atoms with Gasteiger partial charge in [0.15, 0.2) is 5.82 Å². The predicted molar refractivity (Wildman–Crippen MR) is 67.4 cm³/mol. The molecule has 100 valence electrons. The van der Waals surface area contributed by atoms with Crippen molar-refractivity contribution in [1.29, 1.82) is 0 Å². The molecule has 7 nitrogen and oxygen atoms in total. The van der Waals surface area contributed by atoms with E-state index in [1.165, 1.54) is 0 Å². The summed E-state index contributed by atoms with van der Waals surface area (Å²) in [7, 11) is 0. The van der Waals surface area contributed by atoms with Crippen LogP contribution in [-0.2, 0) is 4.79 Å². The zero-order valence-electron chi connectivity index (χ0n) is 10.8. The molecule has 0 aliphatic carbocycles. The van der Waals surface area contributed by atoms with E-state index in [1.807, 2.05) is 26.0 Å². The van der Waals surface area contributed by atoms with Crippen LogP contribution in [0.25, 0.3) is 11.4 Å². The highest BCUT2D eigenvalue weighted by Gasteiger charge is 2.19. The van der Waals surface area contributed by atoms with Crippen LogP contribution in [0.5, 0.6) is 0 Å². The fourth-order valence-corrected chi connectivity index (χ4v) is 1.92. The number of carboxylic acid groups (broad SMARTS) is 1. The van der Waals surface area contributed by atoms with Gasteiger partial charge in [0.2, 0.25) is 0 Å². The molecule has 0 radical (unpaired) electrons. The number of carbonyl (C=O) groups is 1. The van der Waals surface area contributed by atoms with Gasteiger partial charge in [0.25, 0.3) is 0 Å². The summed E-state index contributed by atoms with van der Waals surface area (Å²) in [6, 6.07) is 3.43. The number of aromatic nitrogens is 5. The van der Waals surface area contributed by atoms with Crippen molar-refractivity contribution in [3.8, 4) is 11.4 Å². The first-order valence-electron chi connectivity index (χ1n) is 6.04. The second kappa shape index (κ2) is 5.55. The van der Waals surface area contributed by atoms with E-state index < -0.39 is 5.97 Å². The predicted octanol–water partition coefficient (Wildman–Crippen LogP) is 1.47. The van der Waals surface area contributed by atoms with Crippen LogP contribution in [0.15, 0.2) is 18.3 Å². The van der Waals surface area contributed by atoms with Gasteiger partial charge in [-0.3, -0.25) is 9.78 Å². The van der Waals surface area contributed by atoms with E-state index in [2.05, 4.69) is 20.5 Å². The Morgan fingerprint density at radius 3 is 2.95 bits per heavy atom. The summed E-state index contributed by atoms with van der Waals surface area (Å²) in [6.45, 7) is 3.79. The lowest BCUT2D eigenvalue weighted by atomic mass is 10.1. The molecule has 2 heterocycles. The summed E-state index contributed by atoms with van der Waals surface area (Å²) in [5, 5.41) is 20.5. The first-order valence-corrected chi connectivity index (χ1v) is 6.04. The third kappa shape index (κ3) is 2.93.